The number of fused-ring (bicyclic) bond motifs is 2. The molecule has 0 amide bonds. The minimum absolute atomic E-state index is 0.313. The Balaban J connectivity index is 2.01. The van der Waals surface area contributed by atoms with E-state index in [9.17, 15) is 5.11 Å². The second kappa shape index (κ2) is 3.43. The molecule has 2 saturated heterocycles. The average molecular weight is 219 g/mol. The van der Waals surface area contributed by atoms with Gasteiger partial charge in [-0.1, -0.05) is 0 Å². The van der Waals surface area contributed by atoms with Crippen molar-refractivity contribution in [2.24, 2.45) is 5.92 Å². The Morgan fingerprint density at radius 2 is 2.38 bits per heavy atom. The quantitative estimate of drug-likeness (QED) is 0.725. The predicted molar refractivity (Wildman–Crippen MR) is 61.7 cm³/mol. The van der Waals surface area contributed by atoms with Gasteiger partial charge in [0.1, 0.15) is 0 Å². The number of hydrogen-bond donors (Lipinski definition) is 2. The molecule has 3 rings (SSSR count). The van der Waals surface area contributed by atoms with Crippen molar-refractivity contribution in [1.29, 1.82) is 0 Å². The molecule has 86 valence electrons. The van der Waals surface area contributed by atoms with E-state index < -0.39 is 5.60 Å². The number of anilines is 1. The van der Waals surface area contributed by atoms with Gasteiger partial charge < -0.3 is 15.7 Å². The number of nitrogen functional groups attached to an aromatic ring is 1. The van der Waals surface area contributed by atoms with Gasteiger partial charge in [-0.3, -0.25) is 4.98 Å². The Labute approximate surface area is 95.1 Å². The highest BCUT2D eigenvalue weighted by atomic mass is 16.3. The zero-order valence-electron chi connectivity index (χ0n) is 9.26. The molecule has 0 spiro atoms. The van der Waals surface area contributed by atoms with Gasteiger partial charge in [-0.15, -0.1) is 0 Å². The summed E-state index contributed by atoms with van der Waals surface area (Å²) in [5.41, 5.74) is 6.68. The largest absolute Gasteiger partial charge is 0.398 e. The molecule has 3 atom stereocenters. The lowest BCUT2D eigenvalue weighted by atomic mass is 9.77. The molecular formula is C12H17N3O. The summed E-state index contributed by atoms with van der Waals surface area (Å²) in [6.45, 7) is 3.05. The van der Waals surface area contributed by atoms with Crippen molar-refractivity contribution in [1.82, 2.24) is 9.88 Å². The second-order valence-corrected chi connectivity index (χ2v) is 4.92. The van der Waals surface area contributed by atoms with Crippen LogP contribution in [-0.2, 0) is 5.60 Å². The third-order valence-corrected chi connectivity index (χ3v) is 4.08. The lowest BCUT2D eigenvalue weighted by molar-refractivity contribution is -0.0498. The number of pyridine rings is 1. The van der Waals surface area contributed by atoms with E-state index in [0.29, 0.717) is 11.6 Å². The zero-order chi connectivity index (χ0) is 11.2. The number of nitrogens with zero attached hydrogens (tertiary/aromatic N) is 2. The normalized spacial score (nSPS) is 37.6. The van der Waals surface area contributed by atoms with E-state index in [-0.39, 0.29) is 0 Å². The summed E-state index contributed by atoms with van der Waals surface area (Å²) in [5, 5.41) is 10.9. The molecule has 16 heavy (non-hydrogen) atoms. The molecule has 1 aromatic rings. The first-order valence-electron chi connectivity index (χ1n) is 5.85. The standard InChI is InChI=1S/C12H17N3O/c13-11-1-4-14-7-10(11)12(16)3-6-15-5-2-9(12)8-15/h1,4,7,9,16H,2-3,5-6,8H2,(H2,13,14). The minimum Gasteiger partial charge on any atom is -0.398 e. The van der Waals surface area contributed by atoms with E-state index in [4.69, 9.17) is 5.73 Å². The second-order valence-electron chi connectivity index (χ2n) is 4.92. The van der Waals surface area contributed by atoms with Crippen molar-refractivity contribution in [3.8, 4) is 0 Å². The van der Waals surface area contributed by atoms with E-state index in [1.54, 1.807) is 18.5 Å². The highest BCUT2D eigenvalue weighted by Crippen LogP contribution is 2.44. The van der Waals surface area contributed by atoms with Crippen LogP contribution in [0.5, 0.6) is 0 Å². The third kappa shape index (κ3) is 1.33. The molecule has 2 fully saturated rings. The Morgan fingerprint density at radius 3 is 3.19 bits per heavy atom. The van der Waals surface area contributed by atoms with Crippen LogP contribution >= 0.6 is 0 Å². The Kier molecular flexibility index (Phi) is 2.16. The van der Waals surface area contributed by atoms with Crippen LogP contribution in [0.2, 0.25) is 0 Å². The summed E-state index contributed by atoms with van der Waals surface area (Å²) < 4.78 is 0. The number of rotatable bonds is 1. The van der Waals surface area contributed by atoms with Gasteiger partial charge in [0, 0.05) is 42.7 Å². The molecule has 4 heteroatoms. The van der Waals surface area contributed by atoms with Crippen LogP contribution in [0.3, 0.4) is 0 Å². The lowest BCUT2D eigenvalue weighted by Gasteiger charge is -2.39. The number of aliphatic hydroxyl groups is 1. The Hall–Kier alpha value is -1.13. The van der Waals surface area contributed by atoms with Gasteiger partial charge >= 0.3 is 0 Å². The van der Waals surface area contributed by atoms with Crippen molar-refractivity contribution in [2.75, 3.05) is 25.4 Å². The summed E-state index contributed by atoms with van der Waals surface area (Å²) in [5.74, 6) is 0.313. The molecule has 2 aliphatic rings. The van der Waals surface area contributed by atoms with Gasteiger partial charge in [0.05, 0.1) is 5.60 Å². The van der Waals surface area contributed by atoms with Gasteiger partial charge in [-0.2, -0.15) is 0 Å². The Morgan fingerprint density at radius 1 is 1.50 bits per heavy atom. The number of aromatic nitrogens is 1. The summed E-state index contributed by atoms with van der Waals surface area (Å²) in [7, 11) is 0. The van der Waals surface area contributed by atoms with Crippen molar-refractivity contribution in [2.45, 2.75) is 18.4 Å². The predicted octanol–water partition coefficient (Wildman–Crippen LogP) is 0.577. The maximum absolute atomic E-state index is 10.9. The molecule has 0 saturated carbocycles. The molecule has 1 aromatic heterocycles. The summed E-state index contributed by atoms with van der Waals surface area (Å²) in [4.78, 5) is 6.50. The maximum Gasteiger partial charge on any atom is 0.0984 e. The topological polar surface area (TPSA) is 62.4 Å². The highest BCUT2D eigenvalue weighted by Gasteiger charge is 2.46. The van der Waals surface area contributed by atoms with Gasteiger partial charge in [0.15, 0.2) is 0 Å². The van der Waals surface area contributed by atoms with Gasteiger partial charge in [-0.25, -0.2) is 0 Å². The zero-order valence-corrected chi connectivity index (χ0v) is 9.26. The summed E-state index contributed by atoms with van der Waals surface area (Å²) in [6, 6.07) is 1.77. The van der Waals surface area contributed by atoms with E-state index in [1.165, 1.54) is 0 Å². The molecule has 2 aliphatic heterocycles. The van der Waals surface area contributed by atoms with Crippen LogP contribution in [0.4, 0.5) is 5.69 Å². The number of hydrogen-bond acceptors (Lipinski definition) is 4. The molecule has 2 bridgehead atoms. The smallest absolute Gasteiger partial charge is 0.0984 e. The highest BCUT2D eigenvalue weighted by molar-refractivity contribution is 5.48. The van der Waals surface area contributed by atoms with Gasteiger partial charge in [0.25, 0.3) is 0 Å². The van der Waals surface area contributed by atoms with Gasteiger partial charge in [0.2, 0.25) is 0 Å². The summed E-state index contributed by atoms with van der Waals surface area (Å²) in [6.07, 6.45) is 5.23. The molecule has 3 N–H and O–H groups in total. The number of piperidine rings is 1. The van der Waals surface area contributed by atoms with E-state index >= 15 is 0 Å². The molecular weight excluding hydrogens is 202 g/mol. The fourth-order valence-corrected chi connectivity index (χ4v) is 3.08. The fourth-order valence-electron chi connectivity index (χ4n) is 3.08. The molecule has 0 radical (unpaired) electrons. The average Bonchev–Trinajstić information content (AvgIpc) is 2.70. The molecule has 3 unspecified atom stereocenters. The SMILES string of the molecule is Nc1ccncc1C1(O)CCN2CCC1C2. The molecule has 4 nitrogen and oxygen atoms in total. The maximum atomic E-state index is 10.9. The van der Waals surface area contributed by atoms with Crippen molar-refractivity contribution < 1.29 is 5.11 Å². The first-order chi connectivity index (χ1) is 7.70. The van der Waals surface area contributed by atoms with Crippen LogP contribution < -0.4 is 5.73 Å². The van der Waals surface area contributed by atoms with Crippen LogP contribution in [0.25, 0.3) is 0 Å². The van der Waals surface area contributed by atoms with Crippen molar-refractivity contribution >= 4 is 5.69 Å². The van der Waals surface area contributed by atoms with Crippen LogP contribution in [0, 0.1) is 5.92 Å². The minimum atomic E-state index is -0.759. The van der Waals surface area contributed by atoms with E-state index in [2.05, 4.69) is 9.88 Å². The third-order valence-electron chi connectivity index (χ3n) is 4.08. The molecule has 0 aromatic carbocycles. The first-order valence-corrected chi connectivity index (χ1v) is 5.85. The summed E-state index contributed by atoms with van der Waals surface area (Å²) >= 11 is 0. The molecule has 3 heterocycles. The van der Waals surface area contributed by atoms with Crippen LogP contribution in [0.1, 0.15) is 18.4 Å². The molecule has 0 aliphatic carbocycles. The van der Waals surface area contributed by atoms with E-state index in [0.717, 1.165) is 38.0 Å². The van der Waals surface area contributed by atoms with Crippen molar-refractivity contribution in [3.05, 3.63) is 24.0 Å². The first kappa shape index (κ1) is 10.1. The monoisotopic (exact) mass is 219 g/mol. The van der Waals surface area contributed by atoms with E-state index in [1.807, 2.05) is 0 Å². The Bertz CT molecular complexity index is 409. The fraction of sp³-hybridized carbons (Fsp3) is 0.583. The number of nitrogens with two attached hydrogens (primary N) is 1. The lowest BCUT2D eigenvalue weighted by Crippen LogP contribution is -2.44. The van der Waals surface area contributed by atoms with Crippen LogP contribution in [-0.4, -0.2) is 34.6 Å². The van der Waals surface area contributed by atoms with Crippen molar-refractivity contribution in [3.63, 3.8) is 0 Å². The van der Waals surface area contributed by atoms with Gasteiger partial charge in [-0.05, 0) is 25.5 Å². The van der Waals surface area contributed by atoms with Crippen LogP contribution in [0.15, 0.2) is 18.5 Å².